The molecule has 0 aliphatic carbocycles. The molecule has 1 amide bonds. The summed E-state index contributed by atoms with van der Waals surface area (Å²) in [5.41, 5.74) is 7.70. The number of carbonyl (C=O) groups is 1. The molecule has 112 valence electrons. The van der Waals surface area contributed by atoms with E-state index >= 15 is 0 Å². The van der Waals surface area contributed by atoms with Crippen molar-refractivity contribution >= 4 is 32.3 Å². The van der Waals surface area contributed by atoms with Gasteiger partial charge in [-0.15, -0.1) is 0 Å². The first kappa shape index (κ1) is 13.9. The lowest BCUT2D eigenvalue weighted by Crippen LogP contribution is -2.49. The van der Waals surface area contributed by atoms with Crippen LogP contribution in [0.4, 0.5) is 5.69 Å². The molecule has 1 unspecified atom stereocenters. The van der Waals surface area contributed by atoms with E-state index in [2.05, 4.69) is 4.98 Å². The summed E-state index contributed by atoms with van der Waals surface area (Å²) in [4.78, 5) is 17.3. The van der Waals surface area contributed by atoms with Crippen LogP contribution in [0.25, 0.3) is 10.9 Å². The van der Waals surface area contributed by atoms with Gasteiger partial charge in [0.2, 0.25) is 0 Å². The Kier molecular flexibility index (Phi) is 3.16. The topological polar surface area (TPSA) is 96.3 Å². The van der Waals surface area contributed by atoms with Crippen LogP contribution >= 0.6 is 0 Å². The van der Waals surface area contributed by atoms with E-state index in [1.165, 1.54) is 0 Å². The number of sulfone groups is 1. The highest BCUT2D eigenvalue weighted by Gasteiger charge is 2.32. The third-order valence-electron chi connectivity index (χ3n) is 3.87. The van der Waals surface area contributed by atoms with Crippen LogP contribution in [-0.4, -0.2) is 48.3 Å². The Balaban J connectivity index is 1.94. The number of aromatic amines is 1. The molecule has 21 heavy (non-hydrogen) atoms. The Labute approximate surface area is 122 Å². The Morgan fingerprint density at radius 1 is 1.43 bits per heavy atom. The summed E-state index contributed by atoms with van der Waals surface area (Å²) in [6, 6.07) is 5.02. The number of nitrogen functional groups attached to an aromatic ring is 1. The summed E-state index contributed by atoms with van der Waals surface area (Å²) in [6.45, 7) is 2.01. The number of hydrogen-bond acceptors (Lipinski definition) is 4. The maximum absolute atomic E-state index is 12.7. The van der Waals surface area contributed by atoms with Gasteiger partial charge in [0, 0.05) is 35.4 Å². The first-order valence-electron chi connectivity index (χ1n) is 6.75. The van der Waals surface area contributed by atoms with Crippen molar-refractivity contribution in [1.82, 2.24) is 9.88 Å². The first-order valence-corrected chi connectivity index (χ1v) is 8.57. The molecule has 0 bridgehead atoms. The van der Waals surface area contributed by atoms with Crippen LogP contribution < -0.4 is 5.73 Å². The fraction of sp³-hybridized carbons (Fsp3) is 0.357. The molecule has 3 N–H and O–H groups in total. The molecule has 7 heteroatoms. The molecule has 3 rings (SSSR count). The van der Waals surface area contributed by atoms with Crippen molar-refractivity contribution in [1.29, 1.82) is 0 Å². The van der Waals surface area contributed by atoms with Crippen LogP contribution in [0.3, 0.4) is 0 Å². The molecule has 1 saturated heterocycles. The highest BCUT2D eigenvalue weighted by Crippen LogP contribution is 2.24. The molecule has 1 fully saturated rings. The molecular weight excluding hydrogens is 290 g/mol. The number of hydrogen-bond donors (Lipinski definition) is 2. The number of aromatic nitrogens is 1. The molecule has 1 aromatic carbocycles. The standard InChI is InChI=1S/C14H17N3O3S/c1-9-8-21(19,20)5-4-17(9)14(18)12-7-16-13-6-10(15)2-3-11(12)13/h2-3,6-7,9,16H,4-5,8,15H2,1H3. The van der Waals surface area contributed by atoms with E-state index in [9.17, 15) is 13.2 Å². The number of fused-ring (bicyclic) bond motifs is 1. The fourth-order valence-corrected chi connectivity index (χ4v) is 4.33. The van der Waals surface area contributed by atoms with E-state index in [1.54, 1.807) is 36.2 Å². The van der Waals surface area contributed by atoms with Crippen LogP contribution in [0.5, 0.6) is 0 Å². The van der Waals surface area contributed by atoms with Crippen molar-refractivity contribution in [3.8, 4) is 0 Å². The number of nitrogens with one attached hydrogen (secondary N) is 1. The highest BCUT2D eigenvalue weighted by atomic mass is 32.2. The Morgan fingerprint density at radius 3 is 2.90 bits per heavy atom. The Morgan fingerprint density at radius 2 is 2.19 bits per heavy atom. The van der Waals surface area contributed by atoms with Gasteiger partial charge in [0.25, 0.3) is 5.91 Å². The summed E-state index contributed by atoms with van der Waals surface area (Å²) in [7, 11) is -3.03. The van der Waals surface area contributed by atoms with Crippen LogP contribution in [-0.2, 0) is 9.84 Å². The maximum atomic E-state index is 12.7. The van der Waals surface area contributed by atoms with Gasteiger partial charge in [-0.25, -0.2) is 8.42 Å². The number of H-pyrrole nitrogens is 1. The van der Waals surface area contributed by atoms with Crippen molar-refractivity contribution < 1.29 is 13.2 Å². The average Bonchev–Trinajstić information content (AvgIpc) is 2.79. The number of amides is 1. The predicted molar refractivity (Wildman–Crippen MR) is 81.9 cm³/mol. The van der Waals surface area contributed by atoms with E-state index in [1.807, 2.05) is 0 Å². The van der Waals surface area contributed by atoms with Gasteiger partial charge in [-0.05, 0) is 25.1 Å². The minimum Gasteiger partial charge on any atom is -0.399 e. The summed E-state index contributed by atoms with van der Waals surface area (Å²) < 4.78 is 23.2. The number of nitrogens with zero attached hydrogens (tertiary/aromatic N) is 1. The predicted octanol–water partition coefficient (Wildman–Crippen LogP) is 1.01. The minimum absolute atomic E-state index is 0.0219. The molecule has 1 aliphatic rings. The monoisotopic (exact) mass is 307 g/mol. The molecule has 2 heterocycles. The largest absolute Gasteiger partial charge is 0.399 e. The van der Waals surface area contributed by atoms with Gasteiger partial charge in [0.15, 0.2) is 9.84 Å². The number of nitrogens with two attached hydrogens (primary N) is 1. The number of benzene rings is 1. The van der Waals surface area contributed by atoms with Gasteiger partial charge < -0.3 is 15.6 Å². The second-order valence-electron chi connectivity index (χ2n) is 5.47. The van der Waals surface area contributed by atoms with E-state index in [-0.39, 0.29) is 30.0 Å². The van der Waals surface area contributed by atoms with Gasteiger partial charge in [-0.2, -0.15) is 0 Å². The van der Waals surface area contributed by atoms with Crippen LogP contribution in [0.15, 0.2) is 24.4 Å². The van der Waals surface area contributed by atoms with E-state index in [0.717, 1.165) is 10.9 Å². The zero-order valence-corrected chi connectivity index (χ0v) is 12.5. The molecule has 0 spiro atoms. The Hall–Kier alpha value is -2.02. The zero-order valence-electron chi connectivity index (χ0n) is 11.7. The minimum atomic E-state index is -3.03. The summed E-state index contributed by atoms with van der Waals surface area (Å²) >= 11 is 0. The second-order valence-corrected chi connectivity index (χ2v) is 7.70. The van der Waals surface area contributed by atoms with Crippen molar-refractivity contribution in [2.24, 2.45) is 0 Å². The third-order valence-corrected chi connectivity index (χ3v) is 5.66. The van der Waals surface area contributed by atoms with Gasteiger partial charge in [-0.1, -0.05) is 0 Å². The van der Waals surface area contributed by atoms with Crippen molar-refractivity contribution in [3.05, 3.63) is 30.0 Å². The Bertz CT molecular complexity index is 810. The molecule has 1 atom stereocenters. The van der Waals surface area contributed by atoms with E-state index in [4.69, 9.17) is 5.73 Å². The quantitative estimate of drug-likeness (QED) is 0.768. The number of anilines is 1. The maximum Gasteiger partial charge on any atom is 0.256 e. The molecule has 0 saturated carbocycles. The van der Waals surface area contributed by atoms with E-state index < -0.39 is 9.84 Å². The average molecular weight is 307 g/mol. The molecule has 2 aromatic rings. The van der Waals surface area contributed by atoms with Gasteiger partial charge in [0.05, 0.1) is 17.1 Å². The van der Waals surface area contributed by atoms with Crippen molar-refractivity contribution in [2.45, 2.75) is 13.0 Å². The van der Waals surface area contributed by atoms with Crippen LogP contribution in [0.2, 0.25) is 0 Å². The first-order chi connectivity index (χ1) is 9.87. The summed E-state index contributed by atoms with van der Waals surface area (Å²) in [6.07, 6.45) is 1.66. The van der Waals surface area contributed by atoms with Crippen LogP contribution in [0.1, 0.15) is 17.3 Å². The summed E-state index contributed by atoms with van der Waals surface area (Å²) in [5.74, 6) is -0.0969. The normalized spacial score (nSPS) is 21.6. The van der Waals surface area contributed by atoms with Crippen LogP contribution in [0, 0.1) is 0 Å². The van der Waals surface area contributed by atoms with Gasteiger partial charge in [-0.3, -0.25) is 4.79 Å². The molecule has 6 nitrogen and oxygen atoms in total. The zero-order chi connectivity index (χ0) is 15.2. The third kappa shape index (κ3) is 2.49. The van der Waals surface area contributed by atoms with Gasteiger partial charge in [0.1, 0.15) is 0 Å². The molecule has 1 aliphatic heterocycles. The molecular formula is C14H17N3O3S. The smallest absolute Gasteiger partial charge is 0.256 e. The number of carbonyl (C=O) groups excluding carboxylic acids is 1. The fourth-order valence-electron chi connectivity index (χ4n) is 2.78. The number of rotatable bonds is 1. The van der Waals surface area contributed by atoms with E-state index in [0.29, 0.717) is 11.3 Å². The molecule has 0 radical (unpaired) electrons. The lowest BCUT2D eigenvalue weighted by Gasteiger charge is -2.33. The van der Waals surface area contributed by atoms with Crippen molar-refractivity contribution in [3.63, 3.8) is 0 Å². The second kappa shape index (κ2) is 4.77. The SMILES string of the molecule is CC1CS(=O)(=O)CCN1C(=O)c1c[nH]c2cc(N)ccc12. The summed E-state index contributed by atoms with van der Waals surface area (Å²) in [5, 5.41) is 0.801. The lowest BCUT2D eigenvalue weighted by atomic mass is 10.1. The lowest BCUT2D eigenvalue weighted by molar-refractivity contribution is 0.0714. The molecule has 1 aromatic heterocycles. The highest BCUT2D eigenvalue weighted by molar-refractivity contribution is 7.91. The van der Waals surface area contributed by atoms with Gasteiger partial charge >= 0.3 is 0 Å². The van der Waals surface area contributed by atoms with Crippen molar-refractivity contribution in [2.75, 3.05) is 23.8 Å².